The van der Waals surface area contributed by atoms with Gasteiger partial charge in [-0.05, 0) is 86.9 Å². The zero-order valence-corrected chi connectivity index (χ0v) is 22.7. The molecule has 7 fully saturated rings. The molecule has 15 atom stereocenters. The third-order valence-electron chi connectivity index (χ3n) is 12.9. The number of hydrogen-bond donors (Lipinski definition) is 4. The molecule has 4 aliphatic carbocycles. The molecule has 0 aromatic carbocycles. The zero-order valence-electron chi connectivity index (χ0n) is 22.7. The molecule has 7 aliphatic rings. The maximum atomic E-state index is 12.2. The van der Waals surface area contributed by atoms with Crippen LogP contribution >= 0.6 is 0 Å². The van der Waals surface area contributed by atoms with Crippen LogP contribution in [-0.4, -0.2) is 76.5 Å². The van der Waals surface area contributed by atoms with E-state index in [-0.39, 0.29) is 47.3 Å². The fourth-order valence-electron chi connectivity index (χ4n) is 10.9. The van der Waals surface area contributed by atoms with Crippen LogP contribution in [0.25, 0.3) is 0 Å². The van der Waals surface area contributed by atoms with E-state index in [9.17, 15) is 20.1 Å². The summed E-state index contributed by atoms with van der Waals surface area (Å²) in [7, 11) is 0. The summed E-state index contributed by atoms with van der Waals surface area (Å²) in [5.41, 5.74) is 6.12. The summed E-state index contributed by atoms with van der Waals surface area (Å²) >= 11 is 0. The van der Waals surface area contributed by atoms with Crippen molar-refractivity contribution in [2.45, 2.75) is 127 Å². The smallest absolute Gasteiger partial charge is 0.308 e. The Hall–Kier alpha value is -0.810. The van der Waals surface area contributed by atoms with Crippen molar-refractivity contribution in [3.8, 4) is 0 Å². The number of aliphatic hydroxyl groups is 3. The maximum absolute atomic E-state index is 12.2. The molecule has 7 rings (SSSR count). The van der Waals surface area contributed by atoms with Crippen LogP contribution in [0.2, 0.25) is 0 Å². The zero-order chi connectivity index (χ0) is 26.6. The van der Waals surface area contributed by atoms with Crippen LogP contribution in [0, 0.1) is 40.4 Å². The van der Waals surface area contributed by atoms with Gasteiger partial charge in [0.25, 0.3) is 0 Å². The molecule has 5 N–H and O–H groups in total. The second kappa shape index (κ2) is 8.84. The predicted octanol–water partition coefficient (Wildman–Crippen LogP) is 1.84. The Morgan fingerprint density at radius 1 is 1.00 bits per heavy atom. The van der Waals surface area contributed by atoms with E-state index in [0.29, 0.717) is 30.1 Å². The van der Waals surface area contributed by atoms with Crippen LogP contribution < -0.4 is 5.73 Å². The monoisotopic (exact) mass is 535 g/mol. The van der Waals surface area contributed by atoms with Crippen molar-refractivity contribution in [1.82, 2.24) is 0 Å². The highest BCUT2D eigenvalue weighted by Gasteiger charge is 2.74. The Kier molecular flexibility index (Phi) is 6.08. The van der Waals surface area contributed by atoms with E-state index in [1.165, 1.54) is 6.42 Å². The van der Waals surface area contributed by atoms with E-state index in [0.717, 1.165) is 51.4 Å². The first kappa shape index (κ1) is 26.1. The molecule has 0 amide bonds. The average molecular weight is 536 g/mol. The van der Waals surface area contributed by atoms with Gasteiger partial charge in [0, 0.05) is 11.3 Å². The van der Waals surface area contributed by atoms with Gasteiger partial charge in [0.2, 0.25) is 6.29 Å². The quantitative estimate of drug-likeness (QED) is 0.315. The maximum Gasteiger partial charge on any atom is 0.308 e. The third-order valence-corrected chi connectivity index (χ3v) is 12.9. The highest BCUT2D eigenvalue weighted by molar-refractivity contribution is 5.72. The second-order valence-electron chi connectivity index (χ2n) is 14.1. The largest absolute Gasteiger partial charge is 0.435 e. The SMILES string of the molecule is C[C@]12CC[C@H](O[C@H]3O[C@@H](CO)[C@H](O)[C@H](N)[C@@H]3O)C[C@H]1CC[C@@H]1[C@@H]2CC[C@]2(C)[C@@H]3CC[C@]12O[C@H]1OC(=O)C[C@H]13. The van der Waals surface area contributed by atoms with Gasteiger partial charge >= 0.3 is 5.97 Å². The summed E-state index contributed by atoms with van der Waals surface area (Å²) in [5.74, 6) is 2.20. The Balaban J connectivity index is 1.08. The summed E-state index contributed by atoms with van der Waals surface area (Å²) in [5, 5.41) is 30.4. The number of aliphatic hydroxyl groups excluding tert-OH is 3. The molecular formula is C29H45NO8. The number of esters is 1. The van der Waals surface area contributed by atoms with Gasteiger partial charge in [0.1, 0.15) is 18.3 Å². The Labute approximate surface area is 224 Å². The minimum atomic E-state index is -1.14. The lowest BCUT2D eigenvalue weighted by Crippen LogP contribution is -2.67. The van der Waals surface area contributed by atoms with Gasteiger partial charge in [-0.25, -0.2) is 0 Å². The van der Waals surface area contributed by atoms with E-state index in [1.807, 2.05) is 0 Å². The number of fused-ring (bicyclic) bond motifs is 5. The lowest BCUT2D eigenvalue weighted by Gasteiger charge is -2.67. The number of ether oxygens (including phenoxy) is 4. The minimum absolute atomic E-state index is 0.0569. The van der Waals surface area contributed by atoms with E-state index in [1.54, 1.807) is 0 Å². The van der Waals surface area contributed by atoms with Crippen LogP contribution in [0.3, 0.4) is 0 Å². The van der Waals surface area contributed by atoms with E-state index in [2.05, 4.69) is 13.8 Å². The molecule has 0 spiro atoms. The summed E-state index contributed by atoms with van der Waals surface area (Å²) in [6.07, 6.45) is 5.68. The van der Waals surface area contributed by atoms with Gasteiger partial charge in [-0.15, -0.1) is 0 Å². The fourth-order valence-corrected chi connectivity index (χ4v) is 10.9. The molecule has 9 nitrogen and oxygen atoms in total. The van der Waals surface area contributed by atoms with Crippen molar-refractivity contribution in [1.29, 1.82) is 0 Å². The topological polar surface area (TPSA) is 141 Å². The first-order valence-corrected chi connectivity index (χ1v) is 15.0. The van der Waals surface area contributed by atoms with Crippen molar-refractivity contribution in [2.75, 3.05) is 6.61 Å². The van der Waals surface area contributed by atoms with E-state index >= 15 is 0 Å². The molecule has 0 radical (unpaired) electrons. The first-order valence-electron chi connectivity index (χ1n) is 15.0. The standard InChI is InChI=1S/C29H45NO8/c1-27-8-5-15(35-26-24(34)22(30)23(33)20(13-31)36-26)11-14(27)3-4-19-18(27)6-9-28(2)17-7-10-29(19,28)38-25-16(17)12-21(32)37-25/h14-20,22-26,31,33-34H,3-13,30H2,1-2H3/t14-,15+,16+,17-,18+,19-,20+,22+,23+,24+,25-,26+,27+,28-,29+/m1/s1. The number of carbonyl (C=O) groups is 1. The van der Waals surface area contributed by atoms with Gasteiger partial charge in [0.15, 0.2) is 6.29 Å². The second-order valence-corrected chi connectivity index (χ2v) is 14.1. The minimum Gasteiger partial charge on any atom is -0.435 e. The number of hydrogen-bond acceptors (Lipinski definition) is 9. The molecule has 38 heavy (non-hydrogen) atoms. The normalized spacial score (nSPS) is 59.4. The number of carbonyl (C=O) groups excluding carboxylic acids is 1. The van der Waals surface area contributed by atoms with Crippen LogP contribution in [0.1, 0.15) is 78.1 Å². The van der Waals surface area contributed by atoms with Crippen LogP contribution in [0.4, 0.5) is 0 Å². The molecule has 0 aromatic rings. The van der Waals surface area contributed by atoms with Crippen molar-refractivity contribution in [2.24, 2.45) is 46.2 Å². The molecule has 3 aliphatic heterocycles. The number of nitrogens with two attached hydrogens (primary N) is 1. The van der Waals surface area contributed by atoms with Gasteiger partial charge in [0.05, 0.1) is 30.8 Å². The molecule has 2 bridgehead atoms. The van der Waals surface area contributed by atoms with Crippen LogP contribution in [0.5, 0.6) is 0 Å². The lowest BCUT2D eigenvalue weighted by molar-refractivity contribution is -0.324. The highest BCUT2D eigenvalue weighted by Crippen LogP contribution is 2.74. The average Bonchev–Trinajstić information content (AvgIpc) is 3.35. The van der Waals surface area contributed by atoms with Crippen molar-refractivity contribution < 1.29 is 39.1 Å². The Morgan fingerprint density at radius 3 is 2.58 bits per heavy atom. The van der Waals surface area contributed by atoms with Crippen molar-refractivity contribution in [3.05, 3.63) is 0 Å². The molecule has 0 aromatic heterocycles. The number of rotatable bonds is 3. The predicted molar refractivity (Wildman–Crippen MR) is 134 cm³/mol. The van der Waals surface area contributed by atoms with Gasteiger partial charge in [-0.1, -0.05) is 13.8 Å². The first-order chi connectivity index (χ1) is 18.1. The third kappa shape index (κ3) is 3.39. The summed E-state index contributed by atoms with van der Waals surface area (Å²) in [6.45, 7) is 4.56. The molecule has 214 valence electrons. The molecule has 4 saturated carbocycles. The molecule has 9 heteroatoms. The van der Waals surface area contributed by atoms with E-state index < -0.39 is 30.6 Å². The summed E-state index contributed by atoms with van der Waals surface area (Å²) in [6, 6.07) is -0.921. The fraction of sp³-hybridized carbons (Fsp3) is 0.966. The van der Waals surface area contributed by atoms with Crippen LogP contribution in [0.15, 0.2) is 0 Å². The Bertz CT molecular complexity index is 963. The molecule has 3 saturated heterocycles. The van der Waals surface area contributed by atoms with Gasteiger partial charge < -0.3 is 40.0 Å². The van der Waals surface area contributed by atoms with Crippen LogP contribution in [-0.2, 0) is 23.7 Å². The van der Waals surface area contributed by atoms with Crippen molar-refractivity contribution >= 4 is 5.97 Å². The molecular weight excluding hydrogens is 490 g/mol. The van der Waals surface area contributed by atoms with Gasteiger partial charge in [-0.3, -0.25) is 4.79 Å². The highest BCUT2D eigenvalue weighted by atomic mass is 16.7. The summed E-state index contributed by atoms with van der Waals surface area (Å²) < 4.78 is 24.7. The lowest BCUT2D eigenvalue weighted by atomic mass is 9.42. The summed E-state index contributed by atoms with van der Waals surface area (Å²) in [4.78, 5) is 12.2. The molecule has 3 heterocycles. The van der Waals surface area contributed by atoms with Gasteiger partial charge in [-0.2, -0.15) is 0 Å². The Morgan fingerprint density at radius 2 is 1.79 bits per heavy atom. The van der Waals surface area contributed by atoms with Crippen molar-refractivity contribution in [3.63, 3.8) is 0 Å². The van der Waals surface area contributed by atoms with E-state index in [4.69, 9.17) is 24.7 Å². The molecule has 0 unspecified atom stereocenters.